The molecule has 1 atom stereocenters. The Labute approximate surface area is 165 Å². The Bertz CT molecular complexity index is 880. The first-order valence-electron chi connectivity index (χ1n) is 9.79. The number of hydrogen-bond donors (Lipinski definition) is 1. The molecule has 0 bridgehead atoms. The zero-order valence-corrected chi connectivity index (χ0v) is 15.8. The van der Waals surface area contributed by atoms with Crippen LogP contribution in [-0.4, -0.2) is 66.7 Å². The number of alkyl halides is 3. The molecule has 1 saturated carbocycles. The van der Waals surface area contributed by atoms with Gasteiger partial charge < -0.3 is 14.4 Å². The number of imidazole rings is 1. The number of aromatic nitrogens is 5. The van der Waals surface area contributed by atoms with Gasteiger partial charge in [-0.2, -0.15) is 18.3 Å². The van der Waals surface area contributed by atoms with E-state index < -0.39 is 11.9 Å². The predicted molar refractivity (Wildman–Crippen MR) is 94.7 cm³/mol. The van der Waals surface area contributed by atoms with Gasteiger partial charge >= 0.3 is 12.2 Å². The van der Waals surface area contributed by atoms with Gasteiger partial charge in [0.2, 0.25) is 0 Å². The van der Waals surface area contributed by atoms with Gasteiger partial charge in [0.05, 0.1) is 6.33 Å². The minimum absolute atomic E-state index is 0.0746. The van der Waals surface area contributed by atoms with Gasteiger partial charge in [-0.1, -0.05) is 0 Å². The summed E-state index contributed by atoms with van der Waals surface area (Å²) in [5.74, 6) is 1.38. The molecule has 1 spiro atoms. The first-order chi connectivity index (χ1) is 13.8. The van der Waals surface area contributed by atoms with Crippen molar-refractivity contribution in [2.24, 2.45) is 11.3 Å². The molecule has 1 N–H and O–H groups in total. The van der Waals surface area contributed by atoms with Crippen molar-refractivity contribution in [1.29, 1.82) is 0 Å². The molecular weight excluding hydrogens is 387 g/mol. The normalized spacial score (nSPS) is 24.0. The monoisotopic (exact) mass is 409 g/mol. The smallest absolute Gasteiger partial charge is 0.337 e. The molecule has 2 aromatic heterocycles. The summed E-state index contributed by atoms with van der Waals surface area (Å²) in [6.07, 6.45) is 2.17. The van der Waals surface area contributed by atoms with Crippen LogP contribution in [0.4, 0.5) is 18.0 Å². The quantitative estimate of drug-likeness (QED) is 0.844. The zero-order chi connectivity index (χ0) is 20.2. The number of aromatic amines is 1. The van der Waals surface area contributed by atoms with Crippen molar-refractivity contribution >= 4 is 6.03 Å². The summed E-state index contributed by atoms with van der Waals surface area (Å²) in [5, 5.41) is 6.76. The number of H-pyrrole nitrogens is 1. The van der Waals surface area contributed by atoms with E-state index in [2.05, 4.69) is 20.2 Å². The molecule has 2 aromatic rings. The van der Waals surface area contributed by atoms with Crippen molar-refractivity contribution in [3.63, 3.8) is 0 Å². The Morgan fingerprint density at radius 2 is 2.03 bits per heavy atom. The minimum Gasteiger partial charge on any atom is -0.337 e. The fourth-order valence-electron chi connectivity index (χ4n) is 5.12. The van der Waals surface area contributed by atoms with E-state index in [0.717, 1.165) is 50.9 Å². The number of amides is 2. The molecule has 3 fully saturated rings. The number of likely N-dealkylation sites (tertiary alicyclic amines) is 2. The molecule has 156 valence electrons. The van der Waals surface area contributed by atoms with Crippen molar-refractivity contribution in [3.05, 3.63) is 30.4 Å². The molecule has 5 rings (SSSR count). The summed E-state index contributed by atoms with van der Waals surface area (Å²) in [5.41, 5.74) is -0.695. The second-order valence-electron chi connectivity index (χ2n) is 8.67. The third-order valence-corrected chi connectivity index (χ3v) is 6.44. The van der Waals surface area contributed by atoms with E-state index in [1.165, 1.54) is 17.2 Å². The summed E-state index contributed by atoms with van der Waals surface area (Å²) < 4.78 is 39.5. The van der Waals surface area contributed by atoms with Gasteiger partial charge in [0.15, 0.2) is 5.69 Å². The van der Waals surface area contributed by atoms with Crippen molar-refractivity contribution in [2.75, 3.05) is 26.2 Å². The van der Waals surface area contributed by atoms with Crippen LogP contribution < -0.4 is 0 Å². The number of carbonyl (C=O) groups excluding carboxylic acids is 1. The van der Waals surface area contributed by atoms with E-state index in [1.807, 2.05) is 9.80 Å². The van der Waals surface area contributed by atoms with Crippen LogP contribution in [0.1, 0.15) is 36.7 Å². The van der Waals surface area contributed by atoms with E-state index >= 15 is 0 Å². The SMILES string of the molecule is O=C(N1CC[C@H](c2ncn[nH]2)C1)N1CC2(CC(Cn3cnc(C(F)(F)F)c3)C2)C1. The number of carbonyl (C=O) groups is 1. The molecule has 11 heteroatoms. The second-order valence-corrected chi connectivity index (χ2v) is 8.67. The highest BCUT2D eigenvalue weighted by Crippen LogP contribution is 2.52. The highest BCUT2D eigenvalue weighted by atomic mass is 19.4. The average molecular weight is 409 g/mol. The van der Waals surface area contributed by atoms with Gasteiger partial charge in [-0.05, 0) is 25.2 Å². The number of urea groups is 1. The standard InChI is InChI=1S/C18H22F3N7O/c19-18(20,21)14-7-26(11-23-14)5-12-3-17(4-12)8-28(9-17)16(29)27-2-1-13(6-27)15-22-10-24-25-15/h7,10-13H,1-6,8-9H2,(H,22,24,25)/t13-/m0/s1. The molecule has 0 radical (unpaired) electrons. The molecule has 2 saturated heterocycles. The van der Waals surface area contributed by atoms with Gasteiger partial charge in [0.1, 0.15) is 12.2 Å². The molecule has 2 amide bonds. The lowest BCUT2D eigenvalue weighted by Gasteiger charge is -2.59. The summed E-state index contributed by atoms with van der Waals surface area (Å²) in [6, 6.07) is 0.0746. The number of rotatable bonds is 3. The Morgan fingerprint density at radius 3 is 2.69 bits per heavy atom. The Balaban J connectivity index is 1.08. The molecule has 29 heavy (non-hydrogen) atoms. The topological polar surface area (TPSA) is 82.9 Å². The molecule has 3 aliphatic rings. The van der Waals surface area contributed by atoms with Crippen molar-refractivity contribution in [2.45, 2.75) is 37.9 Å². The van der Waals surface area contributed by atoms with Gasteiger partial charge in [-0.3, -0.25) is 5.10 Å². The lowest BCUT2D eigenvalue weighted by molar-refractivity contribution is -0.141. The average Bonchev–Trinajstić information content (AvgIpc) is 3.35. The Morgan fingerprint density at radius 1 is 1.24 bits per heavy atom. The largest absolute Gasteiger partial charge is 0.434 e. The zero-order valence-electron chi connectivity index (χ0n) is 15.8. The van der Waals surface area contributed by atoms with Crippen LogP contribution >= 0.6 is 0 Å². The Hall–Kier alpha value is -2.59. The Kier molecular flexibility index (Phi) is 4.11. The van der Waals surface area contributed by atoms with E-state index in [1.54, 1.807) is 0 Å². The number of hydrogen-bond acceptors (Lipinski definition) is 4. The van der Waals surface area contributed by atoms with E-state index in [0.29, 0.717) is 19.0 Å². The fraction of sp³-hybridized carbons (Fsp3) is 0.667. The first kappa shape index (κ1) is 18.4. The lowest BCUT2D eigenvalue weighted by atomic mass is 9.58. The molecule has 2 aliphatic heterocycles. The van der Waals surface area contributed by atoms with Crippen LogP contribution in [0.25, 0.3) is 0 Å². The highest BCUT2D eigenvalue weighted by Gasteiger charge is 2.54. The van der Waals surface area contributed by atoms with Gasteiger partial charge in [-0.15, -0.1) is 0 Å². The molecule has 1 aliphatic carbocycles. The minimum atomic E-state index is -4.40. The third-order valence-electron chi connectivity index (χ3n) is 6.44. The van der Waals surface area contributed by atoms with E-state index in [4.69, 9.17) is 0 Å². The molecule has 0 unspecified atom stereocenters. The number of nitrogens with one attached hydrogen (secondary N) is 1. The van der Waals surface area contributed by atoms with Crippen LogP contribution in [0, 0.1) is 11.3 Å². The molecule has 0 aromatic carbocycles. The van der Waals surface area contributed by atoms with E-state index in [9.17, 15) is 18.0 Å². The number of halogens is 3. The van der Waals surface area contributed by atoms with Crippen molar-refractivity contribution in [3.8, 4) is 0 Å². The lowest BCUT2D eigenvalue weighted by Crippen LogP contribution is -2.65. The second kappa shape index (κ2) is 6.46. The van der Waals surface area contributed by atoms with Crippen LogP contribution in [0.5, 0.6) is 0 Å². The van der Waals surface area contributed by atoms with Crippen LogP contribution in [0.3, 0.4) is 0 Å². The van der Waals surface area contributed by atoms with Gasteiger partial charge in [0.25, 0.3) is 0 Å². The van der Waals surface area contributed by atoms with Crippen LogP contribution in [-0.2, 0) is 12.7 Å². The maximum atomic E-state index is 12.7. The van der Waals surface area contributed by atoms with Crippen molar-refractivity contribution < 1.29 is 18.0 Å². The van der Waals surface area contributed by atoms with Crippen LogP contribution in [0.2, 0.25) is 0 Å². The first-order valence-corrected chi connectivity index (χ1v) is 9.79. The highest BCUT2D eigenvalue weighted by molar-refractivity contribution is 5.76. The van der Waals surface area contributed by atoms with Crippen molar-refractivity contribution in [1.82, 2.24) is 34.5 Å². The summed E-state index contributed by atoms with van der Waals surface area (Å²) in [7, 11) is 0. The maximum absolute atomic E-state index is 12.7. The van der Waals surface area contributed by atoms with E-state index in [-0.39, 0.29) is 17.4 Å². The molecule has 4 heterocycles. The fourth-order valence-corrected chi connectivity index (χ4v) is 5.12. The molecular formula is C18H22F3N7O. The summed E-state index contributed by atoms with van der Waals surface area (Å²) in [6.45, 7) is 3.40. The maximum Gasteiger partial charge on any atom is 0.434 e. The van der Waals surface area contributed by atoms with Gasteiger partial charge in [0, 0.05) is 50.3 Å². The van der Waals surface area contributed by atoms with Gasteiger partial charge in [-0.25, -0.2) is 14.8 Å². The molecule has 8 nitrogen and oxygen atoms in total. The number of nitrogens with zero attached hydrogens (tertiary/aromatic N) is 6. The summed E-state index contributed by atoms with van der Waals surface area (Å²) >= 11 is 0. The summed E-state index contributed by atoms with van der Waals surface area (Å²) in [4.78, 5) is 24.1. The third kappa shape index (κ3) is 3.36. The van der Waals surface area contributed by atoms with Crippen LogP contribution in [0.15, 0.2) is 18.9 Å². The predicted octanol–water partition coefficient (Wildman–Crippen LogP) is 2.34.